The molecule has 0 aromatic heterocycles. The highest BCUT2D eigenvalue weighted by atomic mass is 79.9. The van der Waals surface area contributed by atoms with E-state index in [1.165, 1.54) is 5.56 Å². The van der Waals surface area contributed by atoms with Gasteiger partial charge < -0.3 is 5.21 Å². The van der Waals surface area contributed by atoms with E-state index in [9.17, 15) is 0 Å². The van der Waals surface area contributed by atoms with E-state index < -0.39 is 0 Å². The van der Waals surface area contributed by atoms with Crippen molar-refractivity contribution in [1.82, 2.24) is 0 Å². The van der Waals surface area contributed by atoms with Gasteiger partial charge in [0.2, 0.25) is 0 Å². The third-order valence-corrected chi connectivity index (χ3v) is 3.24. The molecule has 0 atom stereocenters. The van der Waals surface area contributed by atoms with Gasteiger partial charge in [0.25, 0.3) is 0 Å². The van der Waals surface area contributed by atoms with Crippen molar-refractivity contribution >= 4 is 21.6 Å². The minimum absolute atomic E-state index is 0.0809. The number of fused-ring (bicyclic) bond motifs is 1. The van der Waals surface area contributed by atoms with Crippen molar-refractivity contribution in [2.24, 2.45) is 5.16 Å². The first kappa shape index (κ1) is 9.71. The van der Waals surface area contributed by atoms with Crippen LogP contribution >= 0.6 is 15.9 Å². The van der Waals surface area contributed by atoms with Crippen molar-refractivity contribution < 1.29 is 5.21 Å². The Morgan fingerprint density at radius 1 is 1.43 bits per heavy atom. The molecule has 0 saturated carbocycles. The molecule has 2 rings (SSSR count). The second-order valence-electron chi connectivity index (χ2n) is 4.30. The van der Waals surface area contributed by atoms with Gasteiger partial charge in [-0.25, -0.2) is 0 Å². The molecule has 14 heavy (non-hydrogen) atoms. The van der Waals surface area contributed by atoms with Crippen LogP contribution in [0.1, 0.15) is 31.4 Å². The predicted molar refractivity (Wildman–Crippen MR) is 60.1 cm³/mol. The number of halogens is 1. The SMILES string of the molecule is CC1(C)C/C(=N\O)c2cc(Br)ccc21. The summed E-state index contributed by atoms with van der Waals surface area (Å²) < 4.78 is 1.02. The zero-order valence-electron chi connectivity index (χ0n) is 8.21. The van der Waals surface area contributed by atoms with Crippen LogP contribution in [0.4, 0.5) is 0 Å². The van der Waals surface area contributed by atoms with Crippen LogP contribution in [-0.2, 0) is 5.41 Å². The Labute approximate surface area is 91.8 Å². The largest absolute Gasteiger partial charge is 0.411 e. The van der Waals surface area contributed by atoms with E-state index in [4.69, 9.17) is 5.21 Å². The van der Waals surface area contributed by atoms with Crippen LogP contribution < -0.4 is 0 Å². The average Bonchev–Trinajstić information content (AvgIpc) is 2.37. The van der Waals surface area contributed by atoms with Gasteiger partial charge in [-0.1, -0.05) is 41.0 Å². The van der Waals surface area contributed by atoms with Crippen molar-refractivity contribution in [3.8, 4) is 0 Å². The molecule has 0 amide bonds. The van der Waals surface area contributed by atoms with Crippen LogP contribution in [0.3, 0.4) is 0 Å². The maximum Gasteiger partial charge on any atom is 0.0879 e. The van der Waals surface area contributed by atoms with Crippen LogP contribution in [0, 0.1) is 0 Å². The minimum Gasteiger partial charge on any atom is -0.411 e. The maximum absolute atomic E-state index is 8.91. The molecule has 1 N–H and O–H groups in total. The highest BCUT2D eigenvalue weighted by Gasteiger charge is 2.34. The summed E-state index contributed by atoms with van der Waals surface area (Å²) in [6, 6.07) is 6.14. The fraction of sp³-hybridized carbons (Fsp3) is 0.364. The lowest BCUT2D eigenvalue weighted by molar-refractivity contribution is 0.317. The van der Waals surface area contributed by atoms with Crippen molar-refractivity contribution in [1.29, 1.82) is 0 Å². The molecular formula is C11H12BrNO. The van der Waals surface area contributed by atoms with Gasteiger partial charge in [0, 0.05) is 16.5 Å². The fourth-order valence-electron chi connectivity index (χ4n) is 2.04. The second kappa shape index (κ2) is 3.09. The van der Waals surface area contributed by atoms with E-state index in [1.54, 1.807) is 0 Å². The summed E-state index contributed by atoms with van der Waals surface area (Å²) in [6.07, 6.45) is 0.801. The zero-order valence-corrected chi connectivity index (χ0v) is 9.80. The summed E-state index contributed by atoms with van der Waals surface area (Å²) >= 11 is 3.42. The molecule has 1 aliphatic rings. The monoisotopic (exact) mass is 253 g/mol. The predicted octanol–water partition coefficient (Wildman–Crippen LogP) is 3.31. The maximum atomic E-state index is 8.91. The minimum atomic E-state index is 0.0809. The van der Waals surface area contributed by atoms with E-state index >= 15 is 0 Å². The smallest absolute Gasteiger partial charge is 0.0879 e. The molecule has 0 spiro atoms. The first-order chi connectivity index (χ1) is 6.54. The average molecular weight is 254 g/mol. The van der Waals surface area contributed by atoms with Gasteiger partial charge in [-0.15, -0.1) is 0 Å². The Balaban J connectivity index is 2.66. The first-order valence-electron chi connectivity index (χ1n) is 4.56. The zero-order chi connectivity index (χ0) is 10.3. The molecule has 0 aliphatic heterocycles. The molecule has 1 aromatic rings. The second-order valence-corrected chi connectivity index (χ2v) is 5.21. The molecule has 0 unspecified atom stereocenters. The summed E-state index contributed by atoms with van der Waals surface area (Å²) in [5.74, 6) is 0. The lowest BCUT2D eigenvalue weighted by Gasteiger charge is -2.17. The van der Waals surface area contributed by atoms with E-state index in [0.717, 1.165) is 22.2 Å². The topological polar surface area (TPSA) is 32.6 Å². The number of hydrogen-bond acceptors (Lipinski definition) is 2. The van der Waals surface area contributed by atoms with E-state index in [-0.39, 0.29) is 5.41 Å². The fourth-order valence-corrected chi connectivity index (χ4v) is 2.40. The Morgan fingerprint density at radius 2 is 2.14 bits per heavy atom. The van der Waals surface area contributed by atoms with E-state index in [0.29, 0.717) is 0 Å². The molecule has 0 heterocycles. The molecule has 0 radical (unpaired) electrons. The van der Waals surface area contributed by atoms with Crippen molar-refractivity contribution in [2.75, 3.05) is 0 Å². The van der Waals surface area contributed by atoms with Gasteiger partial charge in [0.15, 0.2) is 0 Å². The highest BCUT2D eigenvalue weighted by molar-refractivity contribution is 9.10. The number of nitrogens with zero attached hydrogens (tertiary/aromatic N) is 1. The molecular weight excluding hydrogens is 242 g/mol. The van der Waals surface area contributed by atoms with Crippen LogP contribution in [-0.4, -0.2) is 10.9 Å². The van der Waals surface area contributed by atoms with Crippen LogP contribution in [0.15, 0.2) is 27.8 Å². The quantitative estimate of drug-likeness (QED) is 0.559. The number of benzene rings is 1. The van der Waals surface area contributed by atoms with Crippen LogP contribution in [0.5, 0.6) is 0 Å². The van der Waals surface area contributed by atoms with Crippen molar-refractivity contribution in [3.05, 3.63) is 33.8 Å². The van der Waals surface area contributed by atoms with Crippen molar-refractivity contribution in [2.45, 2.75) is 25.7 Å². The summed E-state index contributed by atoms with van der Waals surface area (Å²) in [4.78, 5) is 0. The molecule has 1 aliphatic carbocycles. The lowest BCUT2D eigenvalue weighted by Crippen LogP contribution is -2.12. The summed E-state index contributed by atoms with van der Waals surface area (Å²) in [7, 11) is 0. The molecule has 74 valence electrons. The Morgan fingerprint density at radius 3 is 2.79 bits per heavy atom. The first-order valence-corrected chi connectivity index (χ1v) is 5.35. The van der Waals surface area contributed by atoms with Gasteiger partial charge in [0.05, 0.1) is 5.71 Å². The molecule has 0 bridgehead atoms. The Hall–Kier alpha value is -0.830. The summed E-state index contributed by atoms with van der Waals surface area (Å²) in [5, 5.41) is 12.3. The molecule has 3 heteroatoms. The third kappa shape index (κ3) is 1.36. The normalized spacial score (nSPS) is 21.2. The molecule has 0 saturated heterocycles. The van der Waals surface area contributed by atoms with Crippen molar-refractivity contribution in [3.63, 3.8) is 0 Å². The van der Waals surface area contributed by atoms with E-state index in [1.807, 2.05) is 12.1 Å². The number of hydrogen-bond donors (Lipinski definition) is 1. The highest BCUT2D eigenvalue weighted by Crippen LogP contribution is 2.39. The lowest BCUT2D eigenvalue weighted by atomic mass is 9.87. The van der Waals surface area contributed by atoms with Crippen LogP contribution in [0.25, 0.3) is 0 Å². The van der Waals surface area contributed by atoms with Gasteiger partial charge in [-0.3, -0.25) is 0 Å². The van der Waals surface area contributed by atoms with Gasteiger partial charge in [0.1, 0.15) is 0 Å². The Kier molecular flexibility index (Phi) is 2.14. The van der Waals surface area contributed by atoms with E-state index in [2.05, 4.69) is 41.0 Å². The summed E-state index contributed by atoms with van der Waals surface area (Å²) in [6.45, 7) is 4.33. The molecule has 0 fully saturated rings. The molecule has 2 nitrogen and oxygen atoms in total. The van der Waals surface area contributed by atoms with Gasteiger partial charge >= 0.3 is 0 Å². The van der Waals surface area contributed by atoms with Gasteiger partial charge in [-0.05, 0) is 23.1 Å². The van der Waals surface area contributed by atoms with Gasteiger partial charge in [-0.2, -0.15) is 0 Å². The summed E-state index contributed by atoms with van der Waals surface area (Å²) in [5.41, 5.74) is 3.18. The van der Waals surface area contributed by atoms with Crippen LogP contribution in [0.2, 0.25) is 0 Å². The standard InChI is InChI=1S/C11H12BrNO/c1-11(2)6-10(13-14)8-5-7(12)3-4-9(8)11/h3-5,14H,6H2,1-2H3/b13-10+. The third-order valence-electron chi connectivity index (χ3n) is 2.75. The number of oxime groups is 1. The number of rotatable bonds is 0. The Bertz CT molecular complexity index is 410. The molecule has 1 aromatic carbocycles.